The number of rotatable bonds is 7. The second kappa shape index (κ2) is 7.14. The van der Waals surface area contributed by atoms with Crippen LogP contribution in [0.1, 0.15) is 40.1 Å². The Kier molecular flexibility index (Phi) is 4.72. The molecule has 5 rings (SSSR count). The number of benzene rings is 1. The van der Waals surface area contributed by atoms with Crippen LogP contribution in [0, 0.1) is 5.92 Å². The summed E-state index contributed by atoms with van der Waals surface area (Å²) in [6.07, 6.45) is 4.79. The van der Waals surface area contributed by atoms with Gasteiger partial charge in [-0.2, -0.15) is 0 Å². The summed E-state index contributed by atoms with van der Waals surface area (Å²) in [4.78, 5) is 40.0. The summed E-state index contributed by atoms with van der Waals surface area (Å²) in [5, 5.41) is 0.197. The molecule has 0 unspecified atom stereocenters. The number of fused-ring (bicyclic) bond motifs is 1. The fourth-order valence-corrected chi connectivity index (χ4v) is 5.69. The molecule has 2 aromatic rings. The molecular weight excluding hydrogens is 432 g/mol. The van der Waals surface area contributed by atoms with Gasteiger partial charge >= 0.3 is 5.69 Å². The van der Waals surface area contributed by atoms with Crippen LogP contribution in [0.2, 0.25) is 0 Å². The number of hydrogen-bond acceptors (Lipinski definition) is 5. The minimum atomic E-state index is -3.79. The van der Waals surface area contributed by atoms with Gasteiger partial charge in [0.05, 0.1) is 21.8 Å². The lowest BCUT2D eigenvalue weighted by Crippen LogP contribution is -2.56. The maximum absolute atomic E-state index is 13.4. The van der Waals surface area contributed by atoms with Crippen molar-refractivity contribution in [2.45, 2.75) is 55.6 Å². The van der Waals surface area contributed by atoms with Crippen LogP contribution in [-0.4, -0.2) is 47.0 Å². The van der Waals surface area contributed by atoms with E-state index in [1.54, 1.807) is 10.6 Å². The highest BCUT2D eigenvalue weighted by Gasteiger charge is 2.41. The Labute approximate surface area is 186 Å². The van der Waals surface area contributed by atoms with Crippen molar-refractivity contribution in [1.29, 1.82) is 0 Å². The van der Waals surface area contributed by atoms with Gasteiger partial charge in [-0.05, 0) is 62.8 Å². The number of sulfonamides is 1. The molecule has 10 heteroatoms. The summed E-state index contributed by atoms with van der Waals surface area (Å²) in [7, 11) is -3.79. The highest BCUT2D eigenvalue weighted by atomic mass is 32.2. The fraction of sp³-hybridized carbons (Fsp3) is 0.500. The van der Waals surface area contributed by atoms with Gasteiger partial charge in [-0.25, -0.2) is 17.9 Å². The maximum Gasteiger partial charge on any atom is 0.331 e. The Balaban J connectivity index is 0.00000259. The quantitative estimate of drug-likeness (QED) is 0.625. The molecule has 1 saturated heterocycles. The van der Waals surface area contributed by atoms with Gasteiger partial charge in [0.2, 0.25) is 15.9 Å². The number of carbonyl (C=O) groups is 1. The molecule has 32 heavy (non-hydrogen) atoms. The molecule has 0 bridgehead atoms. The van der Waals surface area contributed by atoms with E-state index in [1.165, 1.54) is 27.7 Å². The van der Waals surface area contributed by atoms with Crippen molar-refractivity contribution in [2.75, 3.05) is 13.1 Å². The molecule has 3 fully saturated rings. The van der Waals surface area contributed by atoms with E-state index in [4.69, 9.17) is 0 Å². The molecule has 2 saturated carbocycles. The first kappa shape index (κ1) is 21.1. The number of carbonyl (C=O) groups excluding carboxylic acids is 1. The largest absolute Gasteiger partial charge is 0.335 e. The Morgan fingerprint density at radius 2 is 1.97 bits per heavy atom. The SMILES string of the molecule is C=CC(=O)N1CC(n2c(=O)c3cc(S(=O)(=O)NC4(C)CC4)ccc3n(CC3CC3)c2=O)C1.[HH]. The number of nitrogens with one attached hydrogen (secondary N) is 1. The Bertz CT molecular complexity index is 1370. The molecule has 0 radical (unpaired) electrons. The van der Waals surface area contributed by atoms with Crippen LogP contribution in [0.5, 0.6) is 0 Å². The second-order valence-corrected chi connectivity index (χ2v) is 11.1. The van der Waals surface area contributed by atoms with Crippen LogP contribution >= 0.6 is 0 Å². The third-order valence-electron chi connectivity index (χ3n) is 6.69. The maximum atomic E-state index is 13.4. The van der Waals surface area contributed by atoms with Gasteiger partial charge in [0, 0.05) is 26.6 Å². The monoisotopic (exact) mass is 460 g/mol. The third-order valence-corrected chi connectivity index (χ3v) is 8.32. The summed E-state index contributed by atoms with van der Waals surface area (Å²) in [6, 6.07) is 3.94. The second-order valence-electron chi connectivity index (χ2n) is 9.46. The summed E-state index contributed by atoms with van der Waals surface area (Å²) in [5.41, 5.74) is -0.934. The van der Waals surface area contributed by atoms with Crippen molar-refractivity contribution in [3.8, 4) is 0 Å². The highest BCUT2D eigenvalue weighted by Crippen LogP contribution is 2.36. The number of aromatic nitrogens is 2. The summed E-state index contributed by atoms with van der Waals surface area (Å²) in [6.45, 7) is 6.28. The molecule has 3 aliphatic rings. The molecule has 1 aliphatic heterocycles. The van der Waals surface area contributed by atoms with E-state index in [2.05, 4.69) is 11.3 Å². The van der Waals surface area contributed by atoms with E-state index in [1.807, 2.05) is 6.92 Å². The van der Waals surface area contributed by atoms with E-state index in [-0.39, 0.29) is 30.7 Å². The highest BCUT2D eigenvalue weighted by molar-refractivity contribution is 7.89. The minimum absolute atomic E-state index is 0. The molecule has 1 aromatic carbocycles. The van der Waals surface area contributed by atoms with Gasteiger partial charge in [-0.3, -0.25) is 18.7 Å². The molecule has 1 N–H and O–H groups in total. The number of hydrogen-bond donors (Lipinski definition) is 1. The van der Waals surface area contributed by atoms with Crippen LogP contribution in [0.25, 0.3) is 10.9 Å². The molecule has 0 spiro atoms. The smallest absolute Gasteiger partial charge is 0.331 e. The zero-order chi connectivity index (χ0) is 22.8. The van der Waals surface area contributed by atoms with Crippen LogP contribution in [0.3, 0.4) is 0 Å². The summed E-state index contributed by atoms with van der Waals surface area (Å²) in [5.74, 6) is 0.128. The third kappa shape index (κ3) is 3.61. The lowest BCUT2D eigenvalue weighted by Gasteiger charge is -2.39. The van der Waals surface area contributed by atoms with Crippen LogP contribution in [-0.2, 0) is 21.4 Å². The number of likely N-dealkylation sites (tertiary alicyclic amines) is 1. The van der Waals surface area contributed by atoms with Gasteiger partial charge in [0.25, 0.3) is 5.56 Å². The number of amides is 1. The van der Waals surface area contributed by atoms with Crippen molar-refractivity contribution >= 4 is 26.8 Å². The van der Waals surface area contributed by atoms with Gasteiger partial charge in [0.15, 0.2) is 0 Å². The average Bonchev–Trinajstić information content (AvgIpc) is 3.64. The molecule has 2 heterocycles. The fourth-order valence-electron chi connectivity index (χ4n) is 4.20. The normalized spacial score (nSPS) is 20.2. The van der Waals surface area contributed by atoms with E-state index in [9.17, 15) is 22.8 Å². The Morgan fingerprint density at radius 1 is 1.28 bits per heavy atom. The first-order valence-electron chi connectivity index (χ1n) is 10.9. The summed E-state index contributed by atoms with van der Waals surface area (Å²) < 4.78 is 31.2. The lowest BCUT2D eigenvalue weighted by molar-refractivity contribution is -0.131. The van der Waals surface area contributed by atoms with E-state index in [0.717, 1.165) is 25.7 Å². The van der Waals surface area contributed by atoms with Crippen molar-refractivity contribution in [2.24, 2.45) is 5.92 Å². The zero-order valence-corrected chi connectivity index (χ0v) is 18.7. The van der Waals surface area contributed by atoms with Gasteiger partial charge < -0.3 is 4.90 Å². The zero-order valence-electron chi connectivity index (χ0n) is 17.9. The molecule has 1 aromatic heterocycles. The first-order chi connectivity index (χ1) is 15.1. The molecule has 2 aliphatic carbocycles. The van der Waals surface area contributed by atoms with Crippen LogP contribution < -0.4 is 16.0 Å². The number of nitrogens with zero attached hydrogens (tertiary/aromatic N) is 3. The molecule has 0 atom stereocenters. The van der Waals surface area contributed by atoms with Crippen LogP contribution in [0.4, 0.5) is 0 Å². The molecule has 172 valence electrons. The first-order valence-corrected chi connectivity index (χ1v) is 12.3. The van der Waals surface area contributed by atoms with Crippen molar-refractivity contribution in [1.82, 2.24) is 18.8 Å². The molecule has 1 amide bonds. The van der Waals surface area contributed by atoms with Gasteiger partial charge in [0.1, 0.15) is 0 Å². The molecular formula is C22H28N4O5S. The van der Waals surface area contributed by atoms with Crippen molar-refractivity contribution in [3.63, 3.8) is 0 Å². The molecule has 9 nitrogen and oxygen atoms in total. The minimum Gasteiger partial charge on any atom is -0.335 e. The Morgan fingerprint density at radius 3 is 2.56 bits per heavy atom. The van der Waals surface area contributed by atoms with Crippen molar-refractivity contribution in [3.05, 3.63) is 51.7 Å². The Hall–Kier alpha value is -2.72. The predicted octanol–water partition coefficient (Wildman–Crippen LogP) is 1.22. The lowest BCUT2D eigenvalue weighted by atomic mass is 10.1. The average molecular weight is 461 g/mol. The van der Waals surface area contributed by atoms with Crippen molar-refractivity contribution < 1.29 is 14.6 Å². The van der Waals surface area contributed by atoms with E-state index < -0.39 is 32.9 Å². The van der Waals surface area contributed by atoms with Gasteiger partial charge in [-0.15, -0.1) is 0 Å². The van der Waals surface area contributed by atoms with E-state index in [0.29, 0.717) is 18.0 Å². The van der Waals surface area contributed by atoms with E-state index >= 15 is 0 Å². The summed E-state index contributed by atoms with van der Waals surface area (Å²) >= 11 is 0. The van der Waals surface area contributed by atoms with Gasteiger partial charge in [-0.1, -0.05) is 6.58 Å². The predicted molar refractivity (Wildman–Crippen MR) is 121 cm³/mol. The topological polar surface area (TPSA) is 110 Å². The standard InChI is InChI=1S/C22H26N4O5S.H2/c1-3-19(27)24-12-15(13-24)26-20(28)17-10-16(32(30,31)23-22(2)8-9-22)6-7-18(17)25(21(26)29)11-14-4-5-14;/h3,6-7,10,14-15,23H,1,4-5,8-9,11-13H2,2H3;1H. The van der Waals surface area contributed by atoms with Crippen LogP contribution in [0.15, 0.2) is 45.3 Å².